The van der Waals surface area contributed by atoms with Gasteiger partial charge in [0.1, 0.15) is 5.75 Å². The number of halogens is 2. The molecule has 0 fully saturated rings. The largest absolute Gasteiger partial charge is 0.496 e. The lowest BCUT2D eigenvalue weighted by Gasteiger charge is -2.14. The third kappa shape index (κ3) is 3.95. The lowest BCUT2D eigenvalue weighted by Crippen LogP contribution is -1.99. The number of ether oxygens (including phenoxy) is 1. The van der Waals surface area contributed by atoms with Gasteiger partial charge >= 0.3 is 0 Å². The summed E-state index contributed by atoms with van der Waals surface area (Å²) in [6, 6.07) is 12.0. The molecule has 0 aliphatic rings. The van der Waals surface area contributed by atoms with Gasteiger partial charge in [0.25, 0.3) is 5.69 Å². The minimum atomic E-state index is -0.405. The molecule has 21 heavy (non-hydrogen) atoms. The first-order valence-corrected chi connectivity index (χ1v) is 7.51. The van der Waals surface area contributed by atoms with Crippen molar-refractivity contribution >= 4 is 33.2 Å². The number of alkyl halides is 1. The molecule has 4 nitrogen and oxygen atoms in total. The molecule has 1 unspecified atom stereocenters. The fraction of sp³-hybridized carbons (Fsp3) is 0.200. The maximum Gasteiger partial charge on any atom is 0.269 e. The molecule has 0 saturated carbocycles. The van der Waals surface area contributed by atoms with E-state index in [1.807, 2.05) is 12.1 Å². The fourth-order valence-electron chi connectivity index (χ4n) is 2.01. The van der Waals surface area contributed by atoms with Crippen molar-refractivity contribution in [3.63, 3.8) is 0 Å². The topological polar surface area (TPSA) is 52.4 Å². The van der Waals surface area contributed by atoms with Crippen LogP contribution in [0.5, 0.6) is 5.75 Å². The third-order valence-electron chi connectivity index (χ3n) is 3.10. The number of non-ortho nitro benzene ring substituents is 1. The van der Waals surface area contributed by atoms with Crippen molar-refractivity contribution in [3.05, 3.63) is 68.7 Å². The summed E-state index contributed by atoms with van der Waals surface area (Å²) < 4.78 is 5.33. The molecule has 110 valence electrons. The molecule has 0 bridgehead atoms. The van der Waals surface area contributed by atoms with Crippen LogP contribution in [0.15, 0.2) is 42.5 Å². The van der Waals surface area contributed by atoms with E-state index >= 15 is 0 Å². The molecule has 0 aliphatic carbocycles. The van der Waals surface area contributed by atoms with Gasteiger partial charge in [0.05, 0.1) is 12.0 Å². The minimum Gasteiger partial charge on any atom is -0.496 e. The van der Waals surface area contributed by atoms with Gasteiger partial charge < -0.3 is 4.74 Å². The van der Waals surface area contributed by atoms with Gasteiger partial charge in [-0.05, 0) is 24.1 Å². The zero-order valence-corrected chi connectivity index (χ0v) is 13.6. The number of rotatable bonds is 5. The highest BCUT2D eigenvalue weighted by molar-refractivity contribution is 9.09. The molecule has 2 aromatic rings. The molecule has 0 amide bonds. The van der Waals surface area contributed by atoms with Gasteiger partial charge in [0.15, 0.2) is 0 Å². The normalized spacial score (nSPS) is 12.0. The molecule has 2 aromatic carbocycles. The van der Waals surface area contributed by atoms with Crippen molar-refractivity contribution in [1.29, 1.82) is 0 Å². The lowest BCUT2D eigenvalue weighted by atomic mass is 10.0. The van der Waals surface area contributed by atoms with Crippen molar-refractivity contribution in [3.8, 4) is 5.75 Å². The predicted molar refractivity (Wildman–Crippen MR) is 86.5 cm³/mol. The Morgan fingerprint density at radius 3 is 2.52 bits per heavy atom. The van der Waals surface area contributed by atoms with Crippen LogP contribution in [-0.2, 0) is 6.42 Å². The molecular weight excluding hydrogens is 358 g/mol. The summed E-state index contributed by atoms with van der Waals surface area (Å²) in [5, 5.41) is 11.3. The van der Waals surface area contributed by atoms with Gasteiger partial charge in [-0.25, -0.2) is 0 Å². The van der Waals surface area contributed by atoms with Crippen molar-refractivity contribution in [2.24, 2.45) is 0 Å². The number of methoxy groups -OCH3 is 1. The lowest BCUT2D eigenvalue weighted by molar-refractivity contribution is -0.384. The molecule has 0 aromatic heterocycles. The molecular formula is C15H13BrClNO3. The zero-order valence-electron chi connectivity index (χ0n) is 11.3. The highest BCUT2D eigenvalue weighted by atomic mass is 79.9. The Hall–Kier alpha value is -1.59. The van der Waals surface area contributed by atoms with Gasteiger partial charge in [-0.1, -0.05) is 45.7 Å². The second-order valence-corrected chi connectivity index (χ2v) is 6.02. The first-order valence-electron chi connectivity index (χ1n) is 6.22. The van der Waals surface area contributed by atoms with Crippen LogP contribution in [0.25, 0.3) is 0 Å². The minimum absolute atomic E-state index is 0.0335. The summed E-state index contributed by atoms with van der Waals surface area (Å²) in [7, 11) is 1.60. The standard InChI is InChI=1S/C15H13BrClNO3/c1-21-15-9-11(17)4-7-13(15)14(16)8-10-2-5-12(6-3-10)18(19)20/h2-7,9,14H,8H2,1H3. The smallest absolute Gasteiger partial charge is 0.269 e. The molecule has 0 heterocycles. The highest BCUT2D eigenvalue weighted by Crippen LogP contribution is 2.35. The summed E-state index contributed by atoms with van der Waals surface area (Å²) in [5.41, 5.74) is 2.08. The molecule has 0 aliphatic heterocycles. The maximum absolute atomic E-state index is 10.6. The zero-order chi connectivity index (χ0) is 15.4. The number of nitro benzene ring substituents is 1. The van der Waals surface area contributed by atoms with Crippen LogP contribution in [-0.4, -0.2) is 12.0 Å². The van der Waals surface area contributed by atoms with Gasteiger partial charge in [0.2, 0.25) is 0 Å². The number of hydrogen-bond acceptors (Lipinski definition) is 3. The molecule has 1 atom stereocenters. The molecule has 0 radical (unpaired) electrons. The van der Waals surface area contributed by atoms with E-state index in [0.29, 0.717) is 17.2 Å². The second-order valence-electron chi connectivity index (χ2n) is 4.48. The average Bonchev–Trinajstić information content (AvgIpc) is 2.47. The number of nitro groups is 1. The van der Waals surface area contributed by atoms with Crippen molar-refractivity contribution < 1.29 is 9.66 Å². The van der Waals surface area contributed by atoms with Crippen LogP contribution >= 0.6 is 27.5 Å². The quantitative estimate of drug-likeness (QED) is 0.426. The number of nitrogens with zero attached hydrogens (tertiary/aromatic N) is 1. The monoisotopic (exact) mass is 369 g/mol. The van der Waals surface area contributed by atoms with Crippen LogP contribution in [0, 0.1) is 10.1 Å². The predicted octanol–water partition coefficient (Wildman–Crippen LogP) is 4.94. The van der Waals surface area contributed by atoms with E-state index in [-0.39, 0.29) is 10.5 Å². The average molecular weight is 371 g/mol. The van der Waals surface area contributed by atoms with E-state index in [0.717, 1.165) is 11.1 Å². The van der Waals surface area contributed by atoms with Gasteiger partial charge in [-0.15, -0.1) is 0 Å². The van der Waals surface area contributed by atoms with Crippen LogP contribution in [0.4, 0.5) is 5.69 Å². The Balaban J connectivity index is 2.17. The van der Waals surface area contributed by atoms with Crippen LogP contribution in [0.2, 0.25) is 5.02 Å². The Bertz CT molecular complexity index is 646. The number of hydrogen-bond donors (Lipinski definition) is 0. The third-order valence-corrected chi connectivity index (χ3v) is 4.15. The first kappa shape index (κ1) is 15.8. The Labute approximate surface area is 136 Å². The van der Waals surface area contributed by atoms with E-state index in [1.54, 1.807) is 25.3 Å². The summed E-state index contributed by atoms with van der Waals surface area (Å²) in [5.74, 6) is 0.714. The molecule has 0 saturated heterocycles. The van der Waals surface area contributed by atoms with Gasteiger partial charge in [-0.3, -0.25) is 10.1 Å². The van der Waals surface area contributed by atoms with E-state index in [9.17, 15) is 10.1 Å². The summed E-state index contributed by atoms with van der Waals surface area (Å²) >= 11 is 9.58. The summed E-state index contributed by atoms with van der Waals surface area (Å²) in [4.78, 5) is 10.3. The second kappa shape index (κ2) is 6.91. The van der Waals surface area contributed by atoms with Crippen LogP contribution in [0.3, 0.4) is 0 Å². The molecule has 0 N–H and O–H groups in total. The van der Waals surface area contributed by atoms with Gasteiger partial charge in [-0.2, -0.15) is 0 Å². The molecule has 0 spiro atoms. The fourth-order valence-corrected chi connectivity index (χ4v) is 2.93. The van der Waals surface area contributed by atoms with E-state index in [4.69, 9.17) is 16.3 Å². The van der Waals surface area contributed by atoms with Crippen molar-refractivity contribution in [2.45, 2.75) is 11.2 Å². The first-order chi connectivity index (χ1) is 10.0. The Kier molecular flexibility index (Phi) is 5.20. The molecule has 6 heteroatoms. The Morgan fingerprint density at radius 2 is 1.95 bits per heavy atom. The molecule has 2 rings (SSSR count). The van der Waals surface area contributed by atoms with Crippen LogP contribution in [0.1, 0.15) is 16.0 Å². The van der Waals surface area contributed by atoms with Gasteiger partial charge in [0, 0.05) is 27.5 Å². The maximum atomic E-state index is 10.6. The van der Waals surface area contributed by atoms with E-state index in [2.05, 4.69) is 15.9 Å². The SMILES string of the molecule is COc1cc(Cl)ccc1C(Br)Cc1ccc([N+](=O)[O-])cc1. The van der Waals surface area contributed by atoms with E-state index < -0.39 is 4.92 Å². The van der Waals surface area contributed by atoms with Crippen LogP contribution < -0.4 is 4.74 Å². The Morgan fingerprint density at radius 1 is 1.29 bits per heavy atom. The summed E-state index contributed by atoms with van der Waals surface area (Å²) in [6.07, 6.45) is 0.690. The van der Waals surface area contributed by atoms with E-state index in [1.165, 1.54) is 12.1 Å². The van der Waals surface area contributed by atoms with Crippen molar-refractivity contribution in [1.82, 2.24) is 0 Å². The highest BCUT2D eigenvalue weighted by Gasteiger charge is 2.15. The van der Waals surface area contributed by atoms with Crippen molar-refractivity contribution in [2.75, 3.05) is 7.11 Å². The summed E-state index contributed by atoms with van der Waals surface area (Å²) in [6.45, 7) is 0. The number of benzene rings is 2.